The van der Waals surface area contributed by atoms with E-state index in [1.54, 1.807) is 17.6 Å². The van der Waals surface area contributed by atoms with Crippen molar-refractivity contribution >= 4 is 34.4 Å². The Morgan fingerprint density at radius 2 is 1.89 bits per heavy atom. The number of hydrogen-bond donors (Lipinski definition) is 1. The van der Waals surface area contributed by atoms with E-state index >= 15 is 0 Å². The fraction of sp³-hybridized carbons (Fsp3) is 0.0455. The fourth-order valence-corrected chi connectivity index (χ4v) is 3.40. The van der Waals surface area contributed by atoms with Crippen LogP contribution >= 0.6 is 11.3 Å². The molecule has 2 aromatic heterocycles. The molecule has 0 unspecified atom stereocenters. The first-order valence-corrected chi connectivity index (χ1v) is 9.42. The van der Waals surface area contributed by atoms with Gasteiger partial charge in [0.2, 0.25) is 0 Å². The minimum atomic E-state index is -0.255. The van der Waals surface area contributed by atoms with Crippen LogP contribution < -0.4 is 5.43 Å². The Morgan fingerprint density at radius 3 is 2.67 bits per heavy atom. The molecule has 0 bridgehead atoms. The molecule has 1 amide bonds. The predicted molar refractivity (Wildman–Crippen MR) is 111 cm³/mol. The van der Waals surface area contributed by atoms with Crippen LogP contribution in [0.2, 0.25) is 0 Å². The Labute approximate surface area is 161 Å². The maximum absolute atomic E-state index is 12.8. The van der Waals surface area contributed by atoms with E-state index in [1.165, 1.54) is 5.56 Å². The molecule has 0 spiro atoms. The minimum absolute atomic E-state index is 0.255. The highest BCUT2D eigenvalue weighted by molar-refractivity contribution is 7.11. The van der Waals surface area contributed by atoms with E-state index in [9.17, 15) is 4.79 Å². The van der Waals surface area contributed by atoms with Crippen LogP contribution in [0.4, 0.5) is 0 Å². The molecule has 4 rings (SSSR count). The van der Waals surface area contributed by atoms with Gasteiger partial charge in [-0.1, -0.05) is 54.1 Å². The van der Waals surface area contributed by atoms with Crippen molar-refractivity contribution in [3.05, 3.63) is 88.1 Å². The summed E-state index contributed by atoms with van der Waals surface area (Å²) in [5.74, 6) is -0.255. The number of hydrogen-bond acceptors (Lipinski definition) is 4. The van der Waals surface area contributed by atoms with Gasteiger partial charge in [-0.05, 0) is 30.5 Å². The van der Waals surface area contributed by atoms with Gasteiger partial charge < -0.3 is 0 Å². The molecule has 5 heteroatoms. The van der Waals surface area contributed by atoms with Crippen LogP contribution in [0.5, 0.6) is 0 Å². The molecule has 0 atom stereocenters. The Bertz CT molecular complexity index is 1120. The molecule has 1 N–H and O–H groups in total. The van der Waals surface area contributed by atoms with Gasteiger partial charge in [-0.15, -0.1) is 11.3 Å². The predicted octanol–water partition coefficient (Wildman–Crippen LogP) is 5.04. The zero-order chi connectivity index (χ0) is 18.6. The first-order valence-electron chi connectivity index (χ1n) is 8.54. The number of hydrazone groups is 1. The number of thiophene rings is 1. The third kappa shape index (κ3) is 3.78. The number of amides is 1. The second-order valence-corrected chi connectivity index (χ2v) is 7.13. The van der Waals surface area contributed by atoms with Crippen molar-refractivity contribution in [3.8, 4) is 11.3 Å². The molecule has 0 aliphatic heterocycles. The number of aromatic nitrogens is 1. The molecular formula is C22H17N3OS. The van der Waals surface area contributed by atoms with Gasteiger partial charge in [0, 0.05) is 15.8 Å². The van der Waals surface area contributed by atoms with Gasteiger partial charge in [-0.2, -0.15) is 5.10 Å². The summed E-state index contributed by atoms with van der Waals surface area (Å²) in [6.45, 7) is 2.04. The quantitative estimate of drug-likeness (QED) is 0.404. The van der Waals surface area contributed by atoms with Crippen molar-refractivity contribution in [2.75, 3.05) is 0 Å². The first kappa shape index (κ1) is 17.1. The normalized spacial score (nSPS) is 11.1. The van der Waals surface area contributed by atoms with Gasteiger partial charge in [0.05, 0.1) is 23.0 Å². The Balaban J connectivity index is 1.71. The van der Waals surface area contributed by atoms with Gasteiger partial charge in [0.15, 0.2) is 0 Å². The SMILES string of the molecule is Cc1ccc(-c2cc(C(=O)N/N=C/c3cccs3)c3ccccc3n2)cc1. The summed E-state index contributed by atoms with van der Waals surface area (Å²) < 4.78 is 0. The van der Waals surface area contributed by atoms with Crippen molar-refractivity contribution < 1.29 is 4.79 Å². The lowest BCUT2D eigenvalue weighted by Crippen LogP contribution is -2.18. The van der Waals surface area contributed by atoms with Gasteiger partial charge in [0.1, 0.15) is 0 Å². The highest BCUT2D eigenvalue weighted by atomic mass is 32.1. The largest absolute Gasteiger partial charge is 0.272 e. The van der Waals surface area contributed by atoms with Crippen LogP contribution in [-0.4, -0.2) is 17.1 Å². The molecule has 4 nitrogen and oxygen atoms in total. The third-order valence-corrected chi connectivity index (χ3v) is 5.02. The summed E-state index contributed by atoms with van der Waals surface area (Å²) in [4.78, 5) is 18.5. The lowest BCUT2D eigenvalue weighted by Gasteiger charge is -2.09. The highest BCUT2D eigenvalue weighted by Gasteiger charge is 2.13. The van der Waals surface area contributed by atoms with Crippen LogP contribution in [0.25, 0.3) is 22.2 Å². The lowest BCUT2D eigenvalue weighted by atomic mass is 10.0. The van der Waals surface area contributed by atoms with Crippen LogP contribution in [0.15, 0.2) is 77.2 Å². The molecule has 4 aromatic rings. The van der Waals surface area contributed by atoms with Crippen LogP contribution in [0, 0.1) is 6.92 Å². The number of carbonyl (C=O) groups is 1. The molecule has 132 valence electrons. The molecule has 0 fully saturated rings. The number of carbonyl (C=O) groups excluding carboxylic acids is 1. The molecule has 27 heavy (non-hydrogen) atoms. The molecule has 0 aliphatic carbocycles. The second-order valence-electron chi connectivity index (χ2n) is 6.15. The van der Waals surface area contributed by atoms with E-state index in [4.69, 9.17) is 4.98 Å². The molecule has 2 heterocycles. The number of pyridine rings is 1. The molecule has 0 aliphatic rings. The topological polar surface area (TPSA) is 54.4 Å². The molecule has 0 saturated heterocycles. The van der Waals surface area contributed by atoms with Crippen molar-refractivity contribution in [2.24, 2.45) is 5.10 Å². The van der Waals surface area contributed by atoms with Crippen LogP contribution in [0.1, 0.15) is 20.8 Å². The maximum atomic E-state index is 12.8. The Kier molecular flexibility index (Phi) is 4.77. The number of rotatable bonds is 4. The summed E-state index contributed by atoms with van der Waals surface area (Å²) in [7, 11) is 0. The summed E-state index contributed by atoms with van der Waals surface area (Å²) in [5, 5.41) is 6.85. The zero-order valence-corrected chi connectivity index (χ0v) is 15.5. The van der Waals surface area contributed by atoms with Crippen molar-refractivity contribution in [1.29, 1.82) is 0 Å². The third-order valence-electron chi connectivity index (χ3n) is 4.21. The average molecular weight is 371 g/mol. The van der Waals surface area contributed by atoms with Gasteiger partial charge >= 0.3 is 0 Å². The summed E-state index contributed by atoms with van der Waals surface area (Å²) in [6, 6.07) is 21.5. The minimum Gasteiger partial charge on any atom is -0.267 e. The maximum Gasteiger partial charge on any atom is 0.272 e. The van der Waals surface area contributed by atoms with E-state index in [2.05, 4.69) is 10.5 Å². The highest BCUT2D eigenvalue weighted by Crippen LogP contribution is 2.25. The Hall–Kier alpha value is -3.31. The fourth-order valence-electron chi connectivity index (χ4n) is 2.81. The van der Waals surface area contributed by atoms with E-state index in [0.717, 1.165) is 27.0 Å². The lowest BCUT2D eigenvalue weighted by molar-refractivity contribution is 0.0957. The summed E-state index contributed by atoms with van der Waals surface area (Å²) in [6.07, 6.45) is 1.65. The number of fused-ring (bicyclic) bond motifs is 1. The van der Waals surface area contributed by atoms with Crippen molar-refractivity contribution in [2.45, 2.75) is 6.92 Å². The number of nitrogens with zero attached hydrogens (tertiary/aromatic N) is 2. The number of nitrogens with one attached hydrogen (secondary N) is 1. The zero-order valence-electron chi connectivity index (χ0n) is 14.7. The standard InChI is InChI=1S/C22H17N3OS/c1-15-8-10-16(11-9-15)21-13-19(18-6-2-3-7-20(18)24-21)22(26)25-23-14-17-5-4-12-27-17/h2-14H,1H3,(H,25,26)/b23-14+. The number of para-hydroxylation sites is 1. The molecule has 0 saturated carbocycles. The monoisotopic (exact) mass is 371 g/mol. The summed E-state index contributed by atoms with van der Waals surface area (Å²) in [5.41, 5.74) is 6.88. The Morgan fingerprint density at radius 1 is 1.07 bits per heavy atom. The number of benzene rings is 2. The van der Waals surface area contributed by atoms with Crippen LogP contribution in [-0.2, 0) is 0 Å². The van der Waals surface area contributed by atoms with E-state index in [-0.39, 0.29) is 5.91 Å². The van der Waals surface area contributed by atoms with E-state index in [1.807, 2.05) is 79.0 Å². The van der Waals surface area contributed by atoms with Gasteiger partial charge in [-0.25, -0.2) is 10.4 Å². The summed E-state index contributed by atoms with van der Waals surface area (Å²) >= 11 is 1.56. The average Bonchev–Trinajstić information content (AvgIpc) is 3.21. The van der Waals surface area contributed by atoms with E-state index < -0.39 is 0 Å². The van der Waals surface area contributed by atoms with Crippen molar-refractivity contribution in [1.82, 2.24) is 10.4 Å². The number of aryl methyl sites for hydroxylation is 1. The second kappa shape index (κ2) is 7.51. The molecule has 2 aromatic carbocycles. The van der Waals surface area contributed by atoms with Crippen LogP contribution in [0.3, 0.4) is 0 Å². The van der Waals surface area contributed by atoms with Gasteiger partial charge in [0.25, 0.3) is 5.91 Å². The smallest absolute Gasteiger partial charge is 0.267 e. The first-order chi connectivity index (χ1) is 13.2. The molecular weight excluding hydrogens is 354 g/mol. The van der Waals surface area contributed by atoms with Crippen molar-refractivity contribution in [3.63, 3.8) is 0 Å². The molecule has 0 radical (unpaired) electrons. The van der Waals surface area contributed by atoms with E-state index in [0.29, 0.717) is 5.56 Å². The van der Waals surface area contributed by atoms with Gasteiger partial charge in [-0.3, -0.25) is 4.79 Å².